The van der Waals surface area contributed by atoms with Crippen LogP contribution in [0.2, 0.25) is 0 Å². The fraction of sp³-hybridized carbons (Fsp3) is 0.600. The van der Waals surface area contributed by atoms with Crippen molar-refractivity contribution in [2.24, 2.45) is 5.73 Å². The number of morpholine rings is 1. The zero-order valence-electron chi connectivity index (χ0n) is 11.7. The van der Waals surface area contributed by atoms with Gasteiger partial charge in [-0.1, -0.05) is 28.9 Å². The lowest BCUT2D eigenvalue weighted by Gasteiger charge is -2.35. The third kappa shape index (κ3) is 3.71. The van der Waals surface area contributed by atoms with E-state index in [1.165, 1.54) is 11.3 Å². The zero-order chi connectivity index (χ0) is 13.8. The number of hydrogen-bond donors (Lipinski definition) is 1. The molecule has 0 amide bonds. The molecule has 19 heavy (non-hydrogen) atoms. The maximum Gasteiger partial charge on any atom is 0.0668 e. The minimum absolute atomic E-state index is 0.240. The molecule has 1 aromatic carbocycles. The zero-order valence-corrected chi connectivity index (χ0v) is 13.3. The molecule has 0 aliphatic carbocycles. The Labute approximate surface area is 124 Å². The number of nitrogens with zero attached hydrogens (tertiary/aromatic N) is 1. The van der Waals surface area contributed by atoms with E-state index < -0.39 is 0 Å². The number of halogens is 1. The van der Waals surface area contributed by atoms with Gasteiger partial charge in [0.15, 0.2) is 0 Å². The fourth-order valence-electron chi connectivity index (χ4n) is 2.42. The third-order valence-corrected chi connectivity index (χ3v) is 4.48. The topological polar surface area (TPSA) is 38.5 Å². The molecule has 1 aromatic rings. The summed E-state index contributed by atoms with van der Waals surface area (Å²) in [6.45, 7) is 6.91. The van der Waals surface area contributed by atoms with E-state index in [9.17, 15) is 0 Å². The van der Waals surface area contributed by atoms with Gasteiger partial charge >= 0.3 is 0 Å². The normalized spacial score (nSPS) is 21.5. The van der Waals surface area contributed by atoms with Crippen molar-refractivity contribution in [2.45, 2.75) is 38.8 Å². The number of hydrogen-bond acceptors (Lipinski definition) is 3. The molecule has 2 unspecified atom stereocenters. The Hall–Kier alpha value is -0.580. The lowest BCUT2D eigenvalue weighted by molar-refractivity contribution is 0.0989. The van der Waals surface area contributed by atoms with Crippen molar-refractivity contribution in [3.8, 4) is 0 Å². The maximum atomic E-state index is 6.03. The van der Waals surface area contributed by atoms with E-state index in [1.54, 1.807) is 0 Å². The quantitative estimate of drug-likeness (QED) is 0.924. The summed E-state index contributed by atoms with van der Waals surface area (Å²) >= 11 is 3.68. The Morgan fingerprint density at radius 2 is 2.32 bits per heavy atom. The highest BCUT2D eigenvalue weighted by atomic mass is 79.9. The van der Waals surface area contributed by atoms with Crippen LogP contribution in [0.4, 0.5) is 5.69 Å². The van der Waals surface area contributed by atoms with Crippen LogP contribution in [0.25, 0.3) is 0 Å². The van der Waals surface area contributed by atoms with E-state index >= 15 is 0 Å². The Kier molecular flexibility index (Phi) is 5.25. The summed E-state index contributed by atoms with van der Waals surface area (Å²) in [4.78, 5) is 2.40. The second kappa shape index (κ2) is 6.73. The molecule has 2 atom stereocenters. The van der Waals surface area contributed by atoms with Crippen LogP contribution in [0.15, 0.2) is 22.7 Å². The number of ether oxygens (including phenoxy) is 1. The molecule has 0 aromatic heterocycles. The van der Waals surface area contributed by atoms with Crippen LogP contribution in [0, 0.1) is 0 Å². The third-order valence-electron chi connectivity index (χ3n) is 3.74. The molecule has 106 valence electrons. The Bertz CT molecular complexity index is 425. The number of nitrogens with two attached hydrogens (primary N) is 1. The molecular weight excluding hydrogens is 304 g/mol. The molecule has 1 heterocycles. The van der Waals surface area contributed by atoms with Gasteiger partial charge < -0.3 is 15.4 Å². The average Bonchev–Trinajstić information content (AvgIpc) is 2.41. The van der Waals surface area contributed by atoms with E-state index in [-0.39, 0.29) is 6.04 Å². The maximum absolute atomic E-state index is 6.03. The molecule has 0 bridgehead atoms. The molecule has 1 aliphatic rings. The summed E-state index contributed by atoms with van der Waals surface area (Å²) in [5, 5.41) is 0. The van der Waals surface area contributed by atoms with Crippen molar-refractivity contribution in [2.75, 3.05) is 24.7 Å². The van der Waals surface area contributed by atoms with Crippen molar-refractivity contribution in [1.29, 1.82) is 0 Å². The lowest BCUT2D eigenvalue weighted by Crippen LogP contribution is -2.43. The van der Waals surface area contributed by atoms with E-state index in [4.69, 9.17) is 10.5 Å². The lowest BCUT2D eigenvalue weighted by atomic mass is 10.0. The van der Waals surface area contributed by atoms with Crippen LogP contribution in [0.3, 0.4) is 0 Å². The summed E-state index contributed by atoms with van der Waals surface area (Å²) < 4.78 is 6.64. The second-order valence-corrected chi connectivity index (χ2v) is 6.12. The minimum atomic E-state index is 0.240. The van der Waals surface area contributed by atoms with Gasteiger partial charge in [0.25, 0.3) is 0 Å². The van der Waals surface area contributed by atoms with Crippen LogP contribution in [0.5, 0.6) is 0 Å². The summed E-state index contributed by atoms with van der Waals surface area (Å²) in [5.74, 6) is 0. The summed E-state index contributed by atoms with van der Waals surface area (Å²) in [7, 11) is 0. The van der Waals surface area contributed by atoms with E-state index in [0.717, 1.165) is 37.1 Å². The molecule has 2 rings (SSSR count). The smallest absolute Gasteiger partial charge is 0.0668 e. The van der Waals surface area contributed by atoms with Crippen molar-refractivity contribution in [3.05, 3.63) is 28.2 Å². The first kappa shape index (κ1) is 14.8. The Morgan fingerprint density at radius 1 is 1.53 bits per heavy atom. The molecule has 1 saturated heterocycles. The molecule has 3 nitrogen and oxygen atoms in total. The first-order valence-corrected chi connectivity index (χ1v) is 7.79. The van der Waals surface area contributed by atoms with Crippen LogP contribution in [-0.4, -0.2) is 31.8 Å². The molecule has 1 aliphatic heterocycles. The standard InChI is InChI=1S/C15H23BrN2O/c1-3-13(17)8-12-4-5-14(9-15(12)16)18-6-7-19-10-11(18)2/h4-5,9,11,13H,3,6-8,10,17H2,1-2H3. The monoisotopic (exact) mass is 326 g/mol. The predicted octanol–water partition coefficient (Wildman–Crippen LogP) is 2.95. The average molecular weight is 327 g/mol. The van der Waals surface area contributed by atoms with Crippen LogP contribution >= 0.6 is 15.9 Å². The van der Waals surface area contributed by atoms with E-state index in [2.05, 4.69) is 52.9 Å². The van der Waals surface area contributed by atoms with Crippen LogP contribution in [0.1, 0.15) is 25.8 Å². The molecule has 4 heteroatoms. The van der Waals surface area contributed by atoms with Crippen molar-refractivity contribution < 1.29 is 4.74 Å². The Balaban J connectivity index is 2.13. The van der Waals surface area contributed by atoms with Crippen LogP contribution < -0.4 is 10.6 Å². The van der Waals surface area contributed by atoms with Gasteiger partial charge in [-0.15, -0.1) is 0 Å². The second-order valence-electron chi connectivity index (χ2n) is 5.27. The van der Waals surface area contributed by atoms with Gasteiger partial charge in [0.2, 0.25) is 0 Å². The Morgan fingerprint density at radius 3 is 2.95 bits per heavy atom. The van der Waals surface area contributed by atoms with E-state index in [0.29, 0.717) is 6.04 Å². The SMILES string of the molecule is CCC(N)Cc1ccc(N2CCOCC2C)cc1Br. The summed E-state index contributed by atoms with van der Waals surface area (Å²) in [5.41, 5.74) is 8.58. The first-order valence-electron chi connectivity index (χ1n) is 7.00. The van der Waals surface area contributed by atoms with Gasteiger partial charge in [0.05, 0.1) is 13.2 Å². The van der Waals surface area contributed by atoms with Crippen LogP contribution in [-0.2, 0) is 11.2 Å². The van der Waals surface area contributed by atoms with Gasteiger partial charge in [-0.2, -0.15) is 0 Å². The summed E-state index contributed by atoms with van der Waals surface area (Å²) in [6, 6.07) is 7.27. The molecule has 0 spiro atoms. The largest absolute Gasteiger partial charge is 0.377 e. The molecule has 0 radical (unpaired) electrons. The molecule has 2 N–H and O–H groups in total. The van der Waals surface area contributed by atoms with Gasteiger partial charge in [-0.05, 0) is 37.5 Å². The highest BCUT2D eigenvalue weighted by Gasteiger charge is 2.19. The highest BCUT2D eigenvalue weighted by Crippen LogP contribution is 2.27. The highest BCUT2D eigenvalue weighted by molar-refractivity contribution is 9.10. The summed E-state index contributed by atoms with van der Waals surface area (Å²) in [6.07, 6.45) is 1.94. The van der Waals surface area contributed by atoms with Crippen molar-refractivity contribution in [3.63, 3.8) is 0 Å². The molecule has 1 fully saturated rings. The number of rotatable bonds is 4. The van der Waals surface area contributed by atoms with Gasteiger partial charge in [0, 0.05) is 28.8 Å². The predicted molar refractivity (Wildman–Crippen MR) is 83.7 cm³/mol. The fourth-order valence-corrected chi connectivity index (χ4v) is 2.95. The van der Waals surface area contributed by atoms with Crippen molar-refractivity contribution in [1.82, 2.24) is 0 Å². The van der Waals surface area contributed by atoms with Crippen molar-refractivity contribution >= 4 is 21.6 Å². The van der Waals surface area contributed by atoms with Gasteiger partial charge in [-0.3, -0.25) is 0 Å². The van der Waals surface area contributed by atoms with Gasteiger partial charge in [-0.25, -0.2) is 0 Å². The number of benzene rings is 1. The molecule has 0 saturated carbocycles. The molecular formula is C15H23BrN2O. The van der Waals surface area contributed by atoms with Gasteiger partial charge in [0.1, 0.15) is 0 Å². The van der Waals surface area contributed by atoms with E-state index in [1.807, 2.05) is 0 Å². The first-order chi connectivity index (χ1) is 9.11. The number of anilines is 1. The minimum Gasteiger partial charge on any atom is -0.377 e.